The maximum absolute atomic E-state index is 12.6. The van der Waals surface area contributed by atoms with Crippen LogP contribution in [0.4, 0.5) is 0 Å². The van der Waals surface area contributed by atoms with Crippen molar-refractivity contribution >= 4 is 11.8 Å². The van der Waals surface area contributed by atoms with Gasteiger partial charge in [0.2, 0.25) is 11.8 Å². The van der Waals surface area contributed by atoms with E-state index in [9.17, 15) is 9.59 Å². The molecule has 19 heavy (non-hydrogen) atoms. The van der Waals surface area contributed by atoms with E-state index in [0.717, 1.165) is 12.8 Å². The highest BCUT2D eigenvalue weighted by atomic mass is 16.5. The van der Waals surface area contributed by atoms with Crippen molar-refractivity contribution in [3.8, 4) is 0 Å². The Morgan fingerprint density at radius 2 is 2.05 bits per heavy atom. The first kappa shape index (κ1) is 14.3. The van der Waals surface area contributed by atoms with Crippen LogP contribution in [0.25, 0.3) is 0 Å². The lowest BCUT2D eigenvalue weighted by molar-refractivity contribution is -0.138. The summed E-state index contributed by atoms with van der Waals surface area (Å²) in [7, 11) is 1.65. The first-order valence-electron chi connectivity index (χ1n) is 7.13. The zero-order valence-corrected chi connectivity index (χ0v) is 12.0. The average Bonchev–Trinajstić information content (AvgIpc) is 3.17. The first-order valence-corrected chi connectivity index (χ1v) is 7.13. The predicted molar refractivity (Wildman–Crippen MR) is 71.5 cm³/mol. The number of hydrogen-bond donors (Lipinski definition) is 1. The minimum absolute atomic E-state index is 0.00678. The van der Waals surface area contributed by atoms with Gasteiger partial charge in [-0.2, -0.15) is 0 Å². The standard InChI is InChI=1S/C14H24N2O3/c1-9(2)11(8-19-3)16-7-6-12(17)15-13(14(16)18)10-4-5-10/h9-11,13H,4-8H2,1-3H3,(H,15,17). The number of carbonyl (C=O) groups excluding carboxylic acids is 2. The Balaban J connectivity index is 2.16. The van der Waals surface area contributed by atoms with Gasteiger partial charge in [-0.15, -0.1) is 0 Å². The average molecular weight is 268 g/mol. The number of rotatable bonds is 5. The number of amides is 2. The second-order valence-corrected chi connectivity index (χ2v) is 5.93. The van der Waals surface area contributed by atoms with E-state index in [-0.39, 0.29) is 23.9 Å². The highest BCUT2D eigenvalue weighted by molar-refractivity contribution is 5.90. The van der Waals surface area contributed by atoms with Crippen molar-refractivity contribution < 1.29 is 14.3 Å². The molecule has 2 fully saturated rings. The molecule has 1 aliphatic carbocycles. The molecule has 1 heterocycles. The van der Waals surface area contributed by atoms with Crippen LogP contribution in [-0.4, -0.2) is 49.1 Å². The lowest BCUT2D eigenvalue weighted by Gasteiger charge is -2.34. The molecular formula is C14H24N2O3. The van der Waals surface area contributed by atoms with Crippen LogP contribution in [-0.2, 0) is 14.3 Å². The van der Waals surface area contributed by atoms with Gasteiger partial charge in [0, 0.05) is 20.1 Å². The van der Waals surface area contributed by atoms with Crippen LogP contribution >= 0.6 is 0 Å². The Labute approximate surface area is 114 Å². The van der Waals surface area contributed by atoms with E-state index >= 15 is 0 Å². The van der Waals surface area contributed by atoms with Gasteiger partial charge in [-0.1, -0.05) is 13.8 Å². The van der Waals surface area contributed by atoms with E-state index in [4.69, 9.17) is 4.74 Å². The second-order valence-electron chi connectivity index (χ2n) is 5.93. The van der Waals surface area contributed by atoms with Gasteiger partial charge in [-0.05, 0) is 24.7 Å². The number of hydrogen-bond acceptors (Lipinski definition) is 3. The van der Waals surface area contributed by atoms with Crippen LogP contribution in [0.1, 0.15) is 33.1 Å². The highest BCUT2D eigenvalue weighted by Crippen LogP contribution is 2.34. The van der Waals surface area contributed by atoms with Crippen molar-refractivity contribution in [2.45, 2.75) is 45.2 Å². The molecule has 0 aromatic carbocycles. The van der Waals surface area contributed by atoms with Gasteiger partial charge in [0.05, 0.1) is 12.6 Å². The normalized spacial score (nSPS) is 26.3. The van der Waals surface area contributed by atoms with Gasteiger partial charge in [-0.3, -0.25) is 9.59 Å². The lowest BCUT2D eigenvalue weighted by atomic mass is 10.0. The van der Waals surface area contributed by atoms with Gasteiger partial charge >= 0.3 is 0 Å². The fraction of sp³-hybridized carbons (Fsp3) is 0.857. The highest BCUT2D eigenvalue weighted by Gasteiger charge is 2.42. The summed E-state index contributed by atoms with van der Waals surface area (Å²) >= 11 is 0. The van der Waals surface area contributed by atoms with E-state index in [1.807, 2.05) is 4.90 Å². The number of nitrogens with zero attached hydrogens (tertiary/aromatic N) is 1. The van der Waals surface area contributed by atoms with Gasteiger partial charge in [0.25, 0.3) is 0 Å². The number of methoxy groups -OCH3 is 1. The van der Waals surface area contributed by atoms with Crippen LogP contribution in [0.2, 0.25) is 0 Å². The zero-order chi connectivity index (χ0) is 14.0. The van der Waals surface area contributed by atoms with E-state index in [1.54, 1.807) is 7.11 Å². The van der Waals surface area contributed by atoms with E-state index in [0.29, 0.717) is 31.4 Å². The van der Waals surface area contributed by atoms with E-state index < -0.39 is 0 Å². The molecule has 1 saturated carbocycles. The molecule has 5 nitrogen and oxygen atoms in total. The summed E-state index contributed by atoms with van der Waals surface area (Å²) in [5.41, 5.74) is 0. The molecule has 1 aliphatic heterocycles. The number of nitrogens with one attached hydrogen (secondary N) is 1. The maximum atomic E-state index is 12.6. The third kappa shape index (κ3) is 3.26. The smallest absolute Gasteiger partial charge is 0.245 e. The Hall–Kier alpha value is -1.10. The lowest BCUT2D eigenvalue weighted by Crippen LogP contribution is -2.52. The van der Waals surface area contributed by atoms with E-state index in [2.05, 4.69) is 19.2 Å². The van der Waals surface area contributed by atoms with E-state index in [1.165, 1.54) is 0 Å². The topological polar surface area (TPSA) is 58.6 Å². The summed E-state index contributed by atoms with van der Waals surface area (Å²) in [6, 6.07) is -0.264. The fourth-order valence-electron chi connectivity index (χ4n) is 2.71. The molecule has 0 aromatic heterocycles. The summed E-state index contributed by atoms with van der Waals surface area (Å²) in [5.74, 6) is 0.723. The van der Waals surface area contributed by atoms with Crippen LogP contribution in [0.5, 0.6) is 0 Å². The molecule has 5 heteroatoms. The molecular weight excluding hydrogens is 244 g/mol. The summed E-state index contributed by atoms with van der Waals surface area (Å²) in [4.78, 5) is 26.3. The van der Waals surface area contributed by atoms with Crippen molar-refractivity contribution in [3.63, 3.8) is 0 Å². The predicted octanol–water partition coefficient (Wildman–Crippen LogP) is 0.785. The molecule has 2 aliphatic rings. The minimum Gasteiger partial charge on any atom is -0.383 e. The molecule has 0 bridgehead atoms. The van der Waals surface area contributed by atoms with Gasteiger partial charge in [0.15, 0.2) is 0 Å². The molecule has 0 spiro atoms. The Morgan fingerprint density at radius 1 is 1.37 bits per heavy atom. The molecule has 108 valence electrons. The van der Waals surface area contributed by atoms with Crippen LogP contribution in [0.15, 0.2) is 0 Å². The Morgan fingerprint density at radius 3 is 2.58 bits per heavy atom. The molecule has 1 N–H and O–H groups in total. The van der Waals surface area contributed by atoms with Crippen molar-refractivity contribution in [1.29, 1.82) is 0 Å². The van der Waals surface area contributed by atoms with Crippen molar-refractivity contribution in [2.24, 2.45) is 11.8 Å². The molecule has 2 atom stereocenters. The van der Waals surface area contributed by atoms with Crippen molar-refractivity contribution in [1.82, 2.24) is 10.2 Å². The Kier molecular flexibility index (Phi) is 4.45. The Bertz CT molecular complexity index is 353. The SMILES string of the molecule is COCC(C(C)C)N1CCC(=O)NC(C2CC2)C1=O. The van der Waals surface area contributed by atoms with Crippen LogP contribution in [0.3, 0.4) is 0 Å². The van der Waals surface area contributed by atoms with Gasteiger partial charge in [-0.25, -0.2) is 0 Å². The largest absolute Gasteiger partial charge is 0.383 e. The minimum atomic E-state index is -0.312. The molecule has 0 aromatic rings. The van der Waals surface area contributed by atoms with Crippen LogP contribution in [0, 0.1) is 11.8 Å². The third-order valence-electron chi connectivity index (χ3n) is 4.05. The number of ether oxygens (including phenoxy) is 1. The molecule has 2 unspecified atom stereocenters. The van der Waals surface area contributed by atoms with Gasteiger partial charge in [0.1, 0.15) is 6.04 Å². The molecule has 2 amide bonds. The summed E-state index contributed by atoms with van der Waals surface area (Å²) < 4.78 is 5.25. The third-order valence-corrected chi connectivity index (χ3v) is 4.05. The maximum Gasteiger partial charge on any atom is 0.245 e. The summed E-state index contributed by atoms with van der Waals surface area (Å²) in [5, 5.41) is 2.89. The number of carbonyl (C=O) groups is 2. The molecule has 2 rings (SSSR count). The second kappa shape index (κ2) is 5.90. The molecule has 1 saturated heterocycles. The fourth-order valence-corrected chi connectivity index (χ4v) is 2.71. The summed E-state index contributed by atoms with van der Waals surface area (Å²) in [6.45, 7) is 5.20. The first-order chi connectivity index (χ1) is 9.04. The monoisotopic (exact) mass is 268 g/mol. The van der Waals surface area contributed by atoms with Crippen molar-refractivity contribution in [3.05, 3.63) is 0 Å². The zero-order valence-electron chi connectivity index (χ0n) is 12.0. The van der Waals surface area contributed by atoms with Crippen LogP contribution < -0.4 is 5.32 Å². The van der Waals surface area contributed by atoms with Crippen molar-refractivity contribution in [2.75, 3.05) is 20.3 Å². The van der Waals surface area contributed by atoms with Gasteiger partial charge < -0.3 is 15.0 Å². The summed E-state index contributed by atoms with van der Waals surface area (Å²) in [6.07, 6.45) is 2.48. The quantitative estimate of drug-likeness (QED) is 0.802. The molecule has 0 radical (unpaired) electrons.